The first-order valence-corrected chi connectivity index (χ1v) is 11.6. The molecule has 2 unspecified atom stereocenters. The van der Waals surface area contributed by atoms with E-state index in [1.165, 1.54) is 12.1 Å². The quantitative estimate of drug-likeness (QED) is 0.623. The average molecular weight is 479 g/mol. The molecule has 2 rings (SSSR count). The summed E-state index contributed by atoms with van der Waals surface area (Å²) in [5.41, 5.74) is -1.63. The summed E-state index contributed by atoms with van der Waals surface area (Å²) in [6.45, 7) is 11.4. The highest BCUT2D eigenvalue weighted by molar-refractivity contribution is 7.90. The Hall–Kier alpha value is -1.49. The van der Waals surface area contributed by atoms with Crippen molar-refractivity contribution < 1.29 is 32.0 Å². The van der Waals surface area contributed by atoms with Gasteiger partial charge in [0.15, 0.2) is 0 Å². The minimum Gasteiger partial charge on any atom is -0.598 e. The van der Waals surface area contributed by atoms with Gasteiger partial charge < -0.3 is 18.9 Å². The van der Waals surface area contributed by atoms with E-state index in [0.29, 0.717) is 0 Å². The molecule has 1 saturated heterocycles. The Morgan fingerprint density at radius 3 is 2.47 bits per heavy atom. The third-order valence-electron chi connectivity index (χ3n) is 4.82. The zero-order valence-corrected chi connectivity index (χ0v) is 20.4. The Morgan fingerprint density at radius 2 is 1.91 bits per heavy atom. The van der Waals surface area contributed by atoms with Gasteiger partial charge >= 0.3 is 12.0 Å². The number of morpholine rings is 1. The van der Waals surface area contributed by atoms with Gasteiger partial charge in [0, 0.05) is 23.5 Å². The monoisotopic (exact) mass is 478 g/mol. The zero-order chi connectivity index (χ0) is 24.5. The molecule has 1 aliphatic rings. The molecular weight excluding hydrogens is 445 g/mol. The van der Waals surface area contributed by atoms with Crippen molar-refractivity contribution in [3.63, 3.8) is 0 Å². The van der Waals surface area contributed by atoms with Crippen LogP contribution in [0.15, 0.2) is 18.2 Å². The van der Waals surface area contributed by atoms with Crippen LogP contribution in [0.1, 0.15) is 65.6 Å². The molecule has 6 nitrogen and oxygen atoms in total. The number of carbonyl (C=O) groups excluding carboxylic acids is 1. The number of rotatable bonds is 5. The van der Waals surface area contributed by atoms with E-state index in [2.05, 4.69) is 4.72 Å². The number of nitrogens with zero attached hydrogens (tertiary/aromatic N) is 1. The van der Waals surface area contributed by atoms with Gasteiger partial charge in [-0.15, -0.1) is 4.72 Å². The average Bonchev–Trinajstić information content (AvgIpc) is 2.65. The third-order valence-corrected chi connectivity index (χ3v) is 6.50. The lowest BCUT2D eigenvalue weighted by molar-refractivity contribution is -0.171. The molecule has 0 bridgehead atoms. The molecule has 1 amide bonds. The maximum Gasteiger partial charge on any atom is 0.410 e. The van der Waals surface area contributed by atoms with Crippen molar-refractivity contribution in [2.45, 2.75) is 76.9 Å². The zero-order valence-electron chi connectivity index (χ0n) is 19.6. The summed E-state index contributed by atoms with van der Waals surface area (Å²) in [7, 11) is 0. The van der Waals surface area contributed by atoms with Gasteiger partial charge in [0.1, 0.15) is 22.3 Å². The molecule has 182 valence electrons. The van der Waals surface area contributed by atoms with E-state index in [1.54, 1.807) is 48.5 Å². The van der Waals surface area contributed by atoms with Crippen molar-refractivity contribution in [3.8, 4) is 0 Å². The summed E-state index contributed by atoms with van der Waals surface area (Å²) in [5, 5.41) is 0. The molecule has 0 saturated carbocycles. The van der Waals surface area contributed by atoms with Crippen LogP contribution in [0.5, 0.6) is 0 Å². The lowest BCUT2D eigenvalue weighted by Crippen LogP contribution is -2.52. The van der Waals surface area contributed by atoms with Crippen LogP contribution in [0.4, 0.5) is 18.0 Å². The second-order valence-corrected chi connectivity index (χ2v) is 11.8. The summed E-state index contributed by atoms with van der Waals surface area (Å²) in [6.07, 6.45) is -2.46. The first-order valence-electron chi connectivity index (χ1n) is 10.5. The topological polar surface area (TPSA) is 73.9 Å². The van der Waals surface area contributed by atoms with Gasteiger partial charge in [-0.3, -0.25) is 0 Å². The van der Waals surface area contributed by atoms with Crippen LogP contribution in [0.2, 0.25) is 0 Å². The molecule has 32 heavy (non-hydrogen) atoms. The first kappa shape index (κ1) is 26.8. The number of halogens is 3. The number of nitrogens with one attached hydrogen (secondary N) is 1. The highest BCUT2D eigenvalue weighted by Gasteiger charge is 2.48. The first-order chi connectivity index (χ1) is 14.5. The Kier molecular flexibility index (Phi) is 8.18. The van der Waals surface area contributed by atoms with Crippen LogP contribution in [-0.4, -0.2) is 51.7 Å². The molecule has 1 aromatic rings. The molecule has 1 aromatic carbocycles. The number of carbonyl (C=O) groups is 1. The number of alkyl halides is 2. The molecule has 1 heterocycles. The van der Waals surface area contributed by atoms with Crippen LogP contribution in [0, 0.1) is 5.82 Å². The van der Waals surface area contributed by atoms with Crippen LogP contribution in [0.3, 0.4) is 0 Å². The van der Waals surface area contributed by atoms with Gasteiger partial charge in [0.05, 0.1) is 24.8 Å². The summed E-state index contributed by atoms with van der Waals surface area (Å²) < 4.78 is 70.9. The summed E-state index contributed by atoms with van der Waals surface area (Å²) in [4.78, 5) is 13.5. The Bertz CT molecular complexity index is 811. The molecule has 0 aliphatic carbocycles. The summed E-state index contributed by atoms with van der Waals surface area (Å²) >= 11 is -1.51. The van der Waals surface area contributed by atoms with Crippen LogP contribution >= 0.6 is 0 Å². The fourth-order valence-electron chi connectivity index (χ4n) is 3.08. The molecule has 0 radical (unpaired) electrons. The second kappa shape index (κ2) is 9.79. The maximum atomic E-state index is 15.3. The molecule has 10 heteroatoms. The van der Waals surface area contributed by atoms with E-state index in [1.807, 2.05) is 0 Å². The van der Waals surface area contributed by atoms with Crippen LogP contribution in [0.25, 0.3) is 0 Å². The van der Waals surface area contributed by atoms with Crippen LogP contribution < -0.4 is 4.72 Å². The Morgan fingerprint density at radius 1 is 1.28 bits per heavy atom. The number of ether oxygens (including phenoxy) is 2. The second-order valence-electron chi connectivity index (χ2n) is 9.84. The van der Waals surface area contributed by atoms with Gasteiger partial charge in [0.25, 0.3) is 0 Å². The lowest BCUT2D eigenvalue weighted by atomic mass is 9.96. The van der Waals surface area contributed by atoms with E-state index in [0.717, 1.165) is 11.0 Å². The molecule has 3 atom stereocenters. The summed E-state index contributed by atoms with van der Waals surface area (Å²) in [5.74, 6) is -4.80. The normalized spacial score (nSPS) is 20.1. The predicted octanol–water partition coefficient (Wildman–Crippen LogP) is 4.67. The number of amides is 1. The van der Waals surface area contributed by atoms with Crippen molar-refractivity contribution in [3.05, 3.63) is 35.1 Å². The third kappa shape index (κ3) is 6.52. The molecule has 1 fully saturated rings. The minimum absolute atomic E-state index is 0.0282. The fourth-order valence-corrected chi connectivity index (χ4v) is 3.88. The Balaban J connectivity index is 2.24. The molecule has 0 spiro atoms. The number of hydrogen-bond donors (Lipinski definition) is 1. The van der Waals surface area contributed by atoms with Gasteiger partial charge in [-0.05, 0) is 54.5 Å². The Labute approximate surface area is 191 Å². The highest BCUT2D eigenvalue weighted by Crippen LogP contribution is 2.38. The van der Waals surface area contributed by atoms with E-state index < -0.39 is 63.8 Å². The van der Waals surface area contributed by atoms with Crippen molar-refractivity contribution >= 4 is 17.5 Å². The van der Waals surface area contributed by atoms with Crippen molar-refractivity contribution in [1.29, 1.82) is 0 Å². The lowest BCUT2D eigenvalue weighted by Gasteiger charge is -2.37. The number of hydrogen-bond acceptors (Lipinski definition) is 5. The largest absolute Gasteiger partial charge is 0.598 e. The highest BCUT2D eigenvalue weighted by atomic mass is 32.2. The van der Waals surface area contributed by atoms with E-state index >= 15 is 13.2 Å². The predicted molar refractivity (Wildman–Crippen MR) is 117 cm³/mol. The number of benzene rings is 1. The van der Waals surface area contributed by atoms with Crippen molar-refractivity contribution in [2.24, 2.45) is 0 Å². The SMILES string of the molecule is C[C@@H](N[S+]([O-])C(C)(C)C)c1cccc(C(F)(F)C2CN(C(=O)OC(C)(C)C)CCO2)c1F. The van der Waals surface area contributed by atoms with E-state index in [-0.39, 0.29) is 18.7 Å². The van der Waals surface area contributed by atoms with E-state index in [9.17, 15) is 9.35 Å². The molecule has 1 N–H and O–H groups in total. The van der Waals surface area contributed by atoms with Crippen LogP contribution in [-0.2, 0) is 26.8 Å². The molecule has 0 aromatic heterocycles. The molecule has 1 aliphatic heterocycles. The fraction of sp³-hybridized carbons (Fsp3) is 0.682. The standard InChI is InChI=1S/C22H33F3N2O4S/c1-14(26-32(29)21(5,6)7)15-9-8-10-16(18(15)23)22(24,25)17-13-27(11-12-30-17)19(28)31-20(2,3)4/h8-10,14,17,26H,11-13H2,1-7H3/t14-,17?,32?/m1/s1. The summed E-state index contributed by atoms with van der Waals surface area (Å²) in [6, 6.07) is 2.94. The van der Waals surface area contributed by atoms with Gasteiger partial charge in [0.2, 0.25) is 0 Å². The minimum atomic E-state index is -3.70. The van der Waals surface area contributed by atoms with Crippen molar-refractivity contribution in [1.82, 2.24) is 9.62 Å². The van der Waals surface area contributed by atoms with Gasteiger partial charge in [-0.25, -0.2) is 9.18 Å². The van der Waals surface area contributed by atoms with E-state index in [4.69, 9.17) is 9.47 Å². The smallest absolute Gasteiger partial charge is 0.410 e. The maximum absolute atomic E-state index is 15.3. The van der Waals surface area contributed by atoms with Gasteiger partial charge in [-0.2, -0.15) is 8.78 Å². The van der Waals surface area contributed by atoms with Crippen molar-refractivity contribution in [2.75, 3.05) is 19.7 Å². The molecular formula is C22H33F3N2O4S. The van der Waals surface area contributed by atoms with Gasteiger partial charge in [-0.1, -0.05) is 12.1 Å².